The second-order valence-corrected chi connectivity index (χ2v) is 13.3. The highest BCUT2D eigenvalue weighted by molar-refractivity contribution is 9.09. The van der Waals surface area contributed by atoms with Gasteiger partial charge in [-0.1, -0.05) is 36.7 Å². The van der Waals surface area contributed by atoms with E-state index >= 15 is 0 Å². The van der Waals surface area contributed by atoms with Crippen LogP contribution in [0.5, 0.6) is 0 Å². The number of esters is 1. The highest BCUT2D eigenvalue weighted by Gasteiger charge is 2.54. The van der Waals surface area contributed by atoms with Crippen LogP contribution in [0.4, 0.5) is 0 Å². The number of hydrogen-bond acceptors (Lipinski definition) is 4. The summed E-state index contributed by atoms with van der Waals surface area (Å²) in [6.07, 6.45) is 0.287. The molecule has 0 aromatic carbocycles. The van der Waals surface area contributed by atoms with E-state index in [1.807, 2.05) is 0 Å². The van der Waals surface area contributed by atoms with Gasteiger partial charge in [-0.25, -0.2) is 4.79 Å². The molecule has 6 heteroatoms. The first-order chi connectivity index (χ1) is 9.04. The molecule has 116 valence electrons. The van der Waals surface area contributed by atoms with Gasteiger partial charge in [-0.05, 0) is 31.0 Å². The van der Waals surface area contributed by atoms with Gasteiger partial charge in [0.15, 0.2) is 8.32 Å². The third kappa shape index (κ3) is 2.84. The van der Waals surface area contributed by atoms with Crippen LogP contribution in [-0.4, -0.2) is 42.5 Å². The molecular formula is C14H25BrO4Si. The maximum absolute atomic E-state index is 12.2. The minimum atomic E-state index is -2.01. The Morgan fingerprint density at radius 2 is 1.95 bits per heavy atom. The standard InChI is InChI=1S/C14H25BrO4Si/c1-14(2,3)20(4,5)19-12-8-6-7-9(16)10(15)11(8)18-13(12)17/h8-12,16H,6-7H2,1-5H3/t8-,9-,10+,11-,12-/m1/s1. The van der Waals surface area contributed by atoms with E-state index in [2.05, 4.69) is 49.8 Å². The Bertz CT molecular complexity index is 393. The molecule has 1 heterocycles. The Morgan fingerprint density at radius 1 is 1.35 bits per heavy atom. The van der Waals surface area contributed by atoms with E-state index in [0.29, 0.717) is 6.42 Å². The lowest BCUT2D eigenvalue weighted by Crippen LogP contribution is -2.49. The maximum Gasteiger partial charge on any atom is 0.334 e. The van der Waals surface area contributed by atoms with Crippen molar-refractivity contribution in [3.8, 4) is 0 Å². The molecule has 1 saturated heterocycles. The monoisotopic (exact) mass is 364 g/mol. The zero-order valence-electron chi connectivity index (χ0n) is 12.9. The van der Waals surface area contributed by atoms with Crippen LogP contribution in [-0.2, 0) is 14.0 Å². The van der Waals surface area contributed by atoms with Crippen molar-refractivity contribution in [3.05, 3.63) is 0 Å². The lowest BCUT2D eigenvalue weighted by atomic mass is 9.83. The molecule has 5 atom stereocenters. The zero-order valence-corrected chi connectivity index (χ0v) is 15.4. The van der Waals surface area contributed by atoms with Gasteiger partial charge in [0.1, 0.15) is 12.2 Å². The van der Waals surface area contributed by atoms with Crippen LogP contribution in [0.1, 0.15) is 33.6 Å². The van der Waals surface area contributed by atoms with Crippen LogP contribution in [0.15, 0.2) is 0 Å². The first-order valence-corrected chi connectivity index (χ1v) is 11.1. The first-order valence-electron chi connectivity index (χ1n) is 7.25. The van der Waals surface area contributed by atoms with Crippen molar-refractivity contribution in [1.29, 1.82) is 0 Å². The number of ether oxygens (including phenoxy) is 1. The average molecular weight is 365 g/mol. The van der Waals surface area contributed by atoms with Gasteiger partial charge in [-0.15, -0.1) is 0 Å². The van der Waals surface area contributed by atoms with Gasteiger partial charge in [0.25, 0.3) is 0 Å². The van der Waals surface area contributed by atoms with Crippen molar-refractivity contribution in [1.82, 2.24) is 0 Å². The van der Waals surface area contributed by atoms with Gasteiger partial charge in [0.05, 0.1) is 10.9 Å². The Morgan fingerprint density at radius 3 is 2.50 bits per heavy atom. The predicted octanol–water partition coefficient (Wildman–Crippen LogP) is 2.84. The lowest BCUT2D eigenvalue weighted by molar-refractivity contribution is -0.147. The molecule has 0 radical (unpaired) electrons. The van der Waals surface area contributed by atoms with E-state index in [-0.39, 0.29) is 27.9 Å². The summed E-state index contributed by atoms with van der Waals surface area (Å²) in [4.78, 5) is 12.0. The van der Waals surface area contributed by atoms with Crippen molar-refractivity contribution in [2.24, 2.45) is 5.92 Å². The van der Waals surface area contributed by atoms with E-state index in [4.69, 9.17) is 9.16 Å². The van der Waals surface area contributed by atoms with Crippen LogP contribution in [0.25, 0.3) is 0 Å². The molecule has 0 aromatic heterocycles. The number of rotatable bonds is 2. The van der Waals surface area contributed by atoms with Crippen molar-refractivity contribution < 1.29 is 19.1 Å². The fraction of sp³-hybridized carbons (Fsp3) is 0.929. The summed E-state index contributed by atoms with van der Waals surface area (Å²) in [5.41, 5.74) is 0. The number of carbonyl (C=O) groups excluding carboxylic acids is 1. The normalized spacial score (nSPS) is 38.5. The van der Waals surface area contributed by atoms with Crippen molar-refractivity contribution >= 4 is 30.2 Å². The summed E-state index contributed by atoms with van der Waals surface area (Å²) in [7, 11) is -2.01. The maximum atomic E-state index is 12.2. The second kappa shape index (κ2) is 5.37. The van der Waals surface area contributed by atoms with Gasteiger partial charge in [-0.3, -0.25) is 0 Å². The molecule has 1 aliphatic carbocycles. The average Bonchev–Trinajstić information content (AvgIpc) is 2.60. The fourth-order valence-electron chi connectivity index (χ4n) is 2.62. The molecule has 2 aliphatic rings. The largest absolute Gasteiger partial charge is 0.459 e. The van der Waals surface area contributed by atoms with Gasteiger partial charge >= 0.3 is 5.97 Å². The van der Waals surface area contributed by atoms with Gasteiger partial charge < -0.3 is 14.3 Å². The van der Waals surface area contributed by atoms with E-state index in [1.165, 1.54) is 0 Å². The van der Waals surface area contributed by atoms with Crippen LogP contribution >= 0.6 is 15.9 Å². The topological polar surface area (TPSA) is 55.8 Å². The minimum Gasteiger partial charge on any atom is -0.459 e. The smallest absolute Gasteiger partial charge is 0.334 e. The number of carbonyl (C=O) groups is 1. The number of aliphatic hydroxyl groups is 1. The number of aliphatic hydroxyl groups excluding tert-OH is 1. The van der Waals surface area contributed by atoms with Gasteiger partial charge in [0.2, 0.25) is 0 Å². The van der Waals surface area contributed by atoms with Crippen molar-refractivity contribution in [3.63, 3.8) is 0 Å². The molecule has 1 saturated carbocycles. The molecule has 1 aliphatic heterocycles. The highest BCUT2D eigenvalue weighted by Crippen LogP contribution is 2.44. The molecule has 2 rings (SSSR count). The molecule has 0 spiro atoms. The summed E-state index contributed by atoms with van der Waals surface area (Å²) in [6.45, 7) is 10.8. The molecule has 0 aromatic rings. The highest BCUT2D eigenvalue weighted by atomic mass is 79.9. The van der Waals surface area contributed by atoms with Crippen molar-refractivity contribution in [2.75, 3.05) is 0 Å². The third-order valence-corrected chi connectivity index (χ3v) is 10.6. The predicted molar refractivity (Wildman–Crippen MR) is 83.4 cm³/mol. The molecule has 20 heavy (non-hydrogen) atoms. The van der Waals surface area contributed by atoms with Crippen LogP contribution in [0, 0.1) is 5.92 Å². The Hall–Kier alpha value is 0.0869. The molecule has 0 bridgehead atoms. The van der Waals surface area contributed by atoms with E-state index in [1.54, 1.807) is 0 Å². The van der Waals surface area contributed by atoms with Crippen LogP contribution < -0.4 is 0 Å². The fourth-order valence-corrected chi connectivity index (χ4v) is 4.65. The summed E-state index contributed by atoms with van der Waals surface area (Å²) in [6, 6.07) is 0. The first kappa shape index (κ1) is 16.5. The molecule has 2 fully saturated rings. The lowest BCUT2D eigenvalue weighted by Gasteiger charge is -2.40. The Balaban J connectivity index is 2.16. The summed E-state index contributed by atoms with van der Waals surface area (Å²) in [5, 5.41) is 9.95. The van der Waals surface area contributed by atoms with Gasteiger partial charge in [0, 0.05) is 5.92 Å². The van der Waals surface area contributed by atoms with Crippen LogP contribution in [0.2, 0.25) is 18.1 Å². The number of fused-ring (bicyclic) bond motifs is 1. The van der Waals surface area contributed by atoms with Crippen molar-refractivity contribution in [2.45, 2.75) is 74.9 Å². The summed E-state index contributed by atoms with van der Waals surface area (Å²) < 4.78 is 11.8. The second-order valence-electron chi connectivity index (χ2n) is 7.45. The van der Waals surface area contributed by atoms with Crippen LogP contribution in [0.3, 0.4) is 0 Å². The molecule has 0 unspecified atom stereocenters. The van der Waals surface area contributed by atoms with E-state index < -0.39 is 20.5 Å². The molecule has 1 N–H and O–H groups in total. The summed E-state index contributed by atoms with van der Waals surface area (Å²) >= 11 is 3.46. The van der Waals surface area contributed by atoms with Gasteiger partial charge in [-0.2, -0.15) is 0 Å². The molecule has 0 amide bonds. The number of alkyl halides is 1. The molecular weight excluding hydrogens is 340 g/mol. The summed E-state index contributed by atoms with van der Waals surface area (Å²) in [5.74, 6) is -0.201. The number of halogens is 1. The quantitative estimate of drug-likeness (QED) is 0.465. The van der Waals surface area contributed by atoms with E-state index in [0.717, 1.165) is 6.42 Å². The minimum absolute atomic E-state index is 0.0596. The number of hydrogen-bond donors (Lipinski definition) is 1. The Kier molecular flexibility index (Phi) is 4.42. The SMILES string of the molecule is CC(C)(C)[Si](C)(C)O[C@H]1C(=O)O[C@H]2[C@@H](Br)[C@H](O)CC[C@H]21. The third-order valence-electron chi connectivity index (χ3n) is 5.00. The van der Waals surface area contributed by atoms with E-state index in [9.17, 15) is 9.90 Å². The molecule has 4 nitrogen and oxygen atoms in total. The zero-order chi connectivity index (χ0) is 15.3. The Labute approximate surface area is 130 Å².